The van der Waals surface area contributed by atoms with E-state index in [4.69, 9.17) is 10.5 Å². The van der Waals surface area contributed by atoms with Gasteiger partial charge in [0.15, 0.2) is 0 Å². The van der Waals surface area contributed by atoms with Crippen LogP contribution in [0.2, 0.25) is 0 Å². The van der Waals surface area contributed by atoms with Crippen molar-refractivity contribution in [1.29, 1.82) is 0 Å². The SMILES string of the molecule is CC(C)[C@@H]1CC[C@@H](N)[C@@]23CC4O[C@]4(C)C2C13. The highest BCUT2D eigenvalue weighted by molar-refractivity contribution is 5.35. The summed E-state index contributed by atoms with van der Waals surface area (Å²) in [5.74, 6) is 3.42. The summed E-state index contributed by atoms with van der Waals surface area (Å²) < 4.78 is 5.90. The molecule has 4 rings (SSSR count). The predicted molar refractivity (Wildman–Crippen MR) is 62.8 cm³/mol. The van der Waals surface area contributed by atoms with Crippen LogP contribution in [0.1, 0.15) is 40.0 Å². The number of hydrogen-bond donors (Lipinski definition) is 1. The first-order valence-electron chi connectivity index (χ1n) is 6.95. The second-order valence-corrected chi connectivity index (χ2v) is 7.20. The van der Waals surface area contributed by atoms with Crippen LogP contribution in [0.15, 0.2) is 0 Å². The number of ether oxygens (including phenoxy) is 1. The molecule has 0 radical (unpaired) electrons. The molecule has 7 atom stereocenters. The first-order chi connectivity index (χ1) is 7.52. The third kappa shape index (κ3) is 0.830. The minimum absolute atomic E-state index is 0.236. The van der Waals surface area contributed by atoms with E-state index in [0.29, 0.717) is 17.6 Å². The number of epoxide rings is 1. The van der Waals surface area contributed by atoms with Gasteiger partial charge in [0.2, 0.25) is 0 Å². The third-order valence-electron chi connectivity index (χ3n) is 6.40. The molecule has 90 valence electrons. The largest absolute Gasteiger partial charge is 0.366 e. The van der Waals surface area contributed by atoms with Crippen molar-refractivity contribution in [3.63, 3.8) is 0 Å². The van der Waals surface area contributed by atoms with Crippen LogP contribution in [-0.4, -0.2) is 17.7 Å². The second kappa shape index (κ2) is 2.51. The summed E-state index contributed by atoms with van der Waals surface area (Å²) in [7, 11) is 0. The van der Waals surface area contributed by atoms with E-state index in [-0.39, 0.29) is 5.60 Å². The van der Waals surface area contributed by atoms with E-state index < -0.39 is 0 Å². The van der Waals surface area contributed by atoms with Gasteiger partial charge in [-0.2, -0.15) is 0 Å². The fourth-order valence-electron chi connectivity index (χ4n) is 5.60. The number of hydrogen-bond acceptors (Lipinski definition) is 2. The van der Waals surface area contributed by atoms with Crippen molar-refractivity contribution < 1.29 is 4.74 Å². The quantitative estimate of drug-likeness (QED) is 0.689. The molecule has 3 aliphatic carbocycles. The Morgan fingerprint density at radius 2 is 2.06 bits per heavy atom. The van der Waals surface area contributed by atoms with E-state index in [2.05, 4.69) is 20.8 Å². The van der Waals surface area contributed by atoms with Gasteiger partial charge in [-0.25, -0.2) is 0 Å². The van der Waals surface area contributed by atoms with Crippen LogP contribution in [0.4, 0.5) is 0 Å². The molecule has 0 bridgehead atoms. The number of fused-ring (bicyclic) bond motifs is 3. The molecule has 3 unspecified atom stereocenters. The van der Waals surface area contributed by atoms with Crippen molar-refractivity contribution in [2.45, 2.75) is 57.8 Å². The zero-order valence-electron chi connectivity index (χ0n) is 10.6. The van der Waals surface area contributed by atoms with Gasteiger partial charge in [-0.3, -0.25) is 0 Å². The van der Waals surface area contributed by atoms with Crippen LogP contribution in [0.25, 0.3) is 0 Å². The summed E-state index contributed by atoms with van der Waals surface area (Å²) in [4.78, 5) is 0. The van der Waals surface area contributed by atoms with Gasteiger partial charge >= 0.3 is 0 Å². The minimum atomic E-state index is 0.236. The van der Waals surface area contributed by atoms with Crippen molar-refractivity contribution in [3.8, 4) is 0 Å². The molecular weight excluding hydrogens is 198 g/mol. The fraction of sp³-hybridized carbons (Fsp3) is 1.00. The van der Waals surface area contributed by atoms with E-state index in [9.17, 15) is 0 Å². The van der Waals surface area contributed by atoms with Gasteiger partial charge in [0.1, 0.15) is 0 Å². The van der Waals surface area contributed by atoms with Gasteiger partial charge in [-0.1, -0.05) is 13.8 Å². The van der Waals surface area contributed by atoms with E-state index in [0.717, 1.165) is 23.7 Å². The monoisotopic (exact) mass is 221 g/mol. The van der Waals surface area contributed by atoms with Crippen LogP contribution < -0.4 is 5.73 Å². The summed E-state index contributed by atoms with van der Waals surface area (Å²) in [6, 6.07) is 0.464. The zero-order valence-corrected chi connectivity index (χ0v) is 10.6. The molecule has 0 aromatic carbocycles. The maximum atomic E-state index is 6.44. The Balaban J connectivity index is 1.70. The highest BCUT2D eigenvalue weighted by Crippen LogP contribution is 2.83. The van der Waals surface area contributed by atoms with Crippen molar-refractivity contribution in [2.75, 3.05) is 0 Å². The van der Waals surface area contributed by atoms with Gasteiger partial charge in [-0.15, -0.1) is 0 Å². The summed E-state index contributed by atoms with van der Waals surface area (Å²) >= 11 is 0. The summed E-state index contributed by atoms with van der Waals surface area (Å²) in [5.41, 5.74) is 7.19. The predicted octanol–water partition coefficient (Wildman–Crippen LogP) is 2.17. The molecule has 0 aromatic heterocycles. The van der Waals surface area contributed by atoms with E-state index in [1.165, 1.54) is 19.3 Å². The van der Waals surface area contributed by atoms with Crippen LogP contribution in [-0.2, 0) is 4.74 Å². The van der Waals surface area contributed by atoms with Crippen LogP contribution in [0.5, 0.6) is 0 Å². The van der Waals surface area contributed by atoms with Crippen molar-refractivity contribution in [1.82, 2.24) is 0 Å². The maximum absolute atomic E-state index is 6.44. The van der Waals surface area contributed by atoms with Gasteiger partial charge in [0.25, 0.3) is 0 Å². The summed E-state index contributed by atoms with van der Waals surface area (Å²) in [6.45, 7) is 7.10. The molecule has 1 saturated heterocycles. The molecule has 2 nitrogen and oxygen atoms in total. The van der Waals surface area contributed by atoms with Crippen molar-refractivity contribution >= 4 is 0 Å². The lowest BCUT2D eigenvalue weighted by atomic mass is 9.72. The highest BCUT2D eigenvalue weighted by atomic mass is 16.6. The fourth-order valence-corrected chi connectivity index (χ4v) is 5.60. The number of nitrogens with two attached hydrogens (primary N) is 1. The standard InChI is InChI=1S/C14H23NO/c1-7(2)8-4-5-9(15)14-6-10-13(3,16-10)12(14)11(8)14/h7-12H,4-6,15H2,1-3H3/t8-,9+,10?,11?,12?,13-,14+/m0/s1. The Kier molecular flexibility index (Phi) is 1.55. The van der Waals surface area contributed by atoms with E-state index in [1.54, 1.807) is 0 Å². The molecule has 2 heteroatoms. The molecule has 1 spiro atoms. The van der Waals surface area contributed by atoms with Crippen LogP contribution in [0.3, 0.4) is 0 Å². The highest BCUT2D eigenvalue weighted by Gasteiger charge is 2.87. The maximum Gasteiger partial charge on any atom is 0.0957 e. The first-order valence-corrected chi connectivity index (χ1v) is 6.95. The van der Waals surface area contributed by atoms with Gasteiger partial charge in [-0.05, 0) is 49.4 Å². The summed E-state index contributed by atoms with van der Waals surface area (Å²) in [6.07, 6.45) is 4.43. The number of rotatable bonds is 1. The Morgan fingerprint density at radius 3 is 2.75 bits per heavy atom. The van der Waals surface area contributed by atoms with Gasteiger partial charge in [0, 0.05) is 12.0 Å². The molecule has 4 fully saturated rings. The zero-order chi connectivity index (χ0) is 11.3. The average molecular weight is 221 g/mol. The Morgan fingerprint density at radius 1 is 1.31 bits per heavy atom. The molecule has 2 N–H and O–H groups in total. The summed E-state index contributed by atoms with van der Waals surface area (Å²) in [5, 5.41) is 0. The molecule has 0 amide bonds. The lowest BCUT2D eigenvalue weighted by Crippen LogP contribution is -2.39. The topological polar surface area (TPSA) is 38.5 Å². The van der Waals surface area contributed by atoms with Crippen LogP contribution >= 0.6 is 0 Å². The molecule has 0 aromatic rings. The lowest BCUT2D eigenvalue weighted by Gasteiger charge is -2.35. The van der Waals surface area contributed by atoms with Crippen LogP contribution in [0, 0.1) is 29.1 Å². The van der Waals surface area contributed by atoms with E-state index in [1.807, 2.05) is 0 Å². The van der Waals surface area contributed by atoms with Crippen molar-refractivity contribution in [3.05, 3.63) is 0 Å². The Bertz CT molecular complexity index is 355. The molecular formula is C14H23NO. The first kappa shape index (κ1) is 9.90. The average Bonchev–Trinajstić information content (AvgIpc) is 3.03. The molecule has 4 aliphatic rings. The third-order valence-corrected chi connectivity index (χ3v) is 6.40. The Labute approximate surface area is 97.9 Å². The minimum Gasteiger partial charge on any atom is -0.366 e. The smallest absolute Gasteiger partial charge is 0.0957 e. The molecule has 1 aliphatic heterocycles. The second-order valence-electron chi connectivity index (χ2n) is 7.20. The molecule has 16 heavy (non-hydrogen) atoms. The van der Waals surface area contributed by atoms with Gasteiger partial charge < -0.3 is 10.5 Å². The normalized spacial score (nSPS) is 66.2. The van der Waals surface area contributed by atoms with Gasteiger partial charge in [0.05, 0.1) is 11.7 Å². The lowest BCUT2D eigenvalue weighted by molar-refractivity contribution is 0.156. The van der Waals surface area contributed by atoms with E-state index >= 15 is 0 Å². The Hall–Kier alpha value is -0.0800. The molecule has 3 saturated carbocycles. The molecule has 1 heterocycles. The van der Waals surface area contributed by atoms with Crippen molar-refractivity contribution in [2.24, 2.45) is 34.8 Å².